The minimum Gasteiger partial charge on any atom is -0.341 e. The van der Waals surface area contributed by atoms with Crippen LogP contribution < -0.4 is 5.56 Å². The van der Waals surface area contributed by atoms with Crippen LogP contribution in [0.4, 0.5) is 0 Å². The number of benzene rings is 1. The van der Waals surface area contributed by atoms with Crippen LogP contribution in [-0.4, -0.2) is 38.2 Å². The molecule has 0 atom stereocenters. The summed E-state index contributed by atoms with van der Waals surface area (Å²) in [6, 6.07) is 8.01. The van der Waals surface area contributed by atoms with Gasteiger partial charge in [0.2, 0.25) is 5.91 Å². The number of fused-ring (bicyclic) bond motifs is 3. The normalized spacial score (nSPS) is 11.4. The van der Waals surface area contributed by atoms with Crippen molar-refractivity contribution < 1.29 is 4.79 Å². The quantitative estimate of drug-likeness (QED) is 0.612. The third-order valence-electron chi connectivity index (χ3n) is 4.85. The smallest absolute Gasteiger partial charge is 0.291 e. The molecular weight excluding hydrogens is 340 g/mol. The molecule has 0 saturated heterocycles. The Kier molecular flexibility index (Phi) is 5.94. The summed E-state index contributed by atoms with van der Waals surface area (Å²) in [6.45, 7) is 8.36. The molecule has 0 saturated carbocycles. The van der Waals surface area contributed by atoms with E-state index in [1.165, 1.54) is 4.68 Å². The highest BCUT2D eigenvalue weighted by molar-refractivity contribution is 6.07. The molecule has 0 aliphatic rings. The first-order chi connectivity index (χ1) is 13.1. The van der Waals surface area contributed by atoms with E-state index in [9.17, 15) is 9.59 Å². The first-order valence-corrected chi connectivity index (χ1v) is 9.87. The lowest BCUT2D eigenvalue weighted by molar-refractivity contribution is -0.132. The summed E-state index contributed by atoms with van der Waals surface area (Å²) in [5.74, 6) is -0.0502. The predicted octanol–water partition coefficient (Wildman–Crippen LogP) is 3.41. The van der Waals surface area contributed by atoms with Crippen molar-refractivity contribution in [2.75, 3.05) is 13.1 Å². The van der Waals surface area contributed by atoms with Crippen LogP contribution in [0.5, 0.6) is 0 Å². The van der Waals surface area contributed by atoms with Crippen LogP contribution in [0.25, 0.3) is 21.8 Å². The number of para-hydroxylation sites is 1. The van der Waals surface area contributed by atoms with Crippen molar-refractivity contribution in [3.63, 3.8) is 0 Å². The minimum atomic E-state index is -0.196. The molecular formula is C21H28N4O2. The lowest BCUT2D eigenvalue weighted by atomic mass is 10.2. The van der Waals surface area contributed by atoms with Gasteiger partial charge in [-0.2, -0.15) is 5.10 Å². The number of carbonyl (C=O) groups excluding carboxylic acids is 1. The van der Waals surface area contributed by atoms with E-state index in [1.54, 1.807) is 6.20 Å². The zero-order valence-electron chi connectivity index (χ0n) is 16.4. The lowest BCUT2D eigenvalue weighted by Gasteiger charge is -2.21. The van der Waals surface area contributed by atoms with Gasteiger partial charge in [0.25, 0.3) is 5.56 Å². The molecule has 2 aromatic heterocycles. The molecule has 0 radical (unpaired) electrons. The molecule has 27 heavy (non-hydrogen) atoms. The Labute approximate surface area is 159 Å². The van der Waals surface area contributed by atoms with E-state index in [-0.39, 0.29) is 18.0 Å². The Bertz CT molecular complexity index is 996. The lowest BCUT2D eigenvalue weighted by Crippen LogP contribution is -2.38. The van der Waals surface area contributed by atoms with Gasteiger partial charge in [0.1, 0.15) is 12.1 Å². The number of aromatic nitrogens is 3. The number of hydrogen-bond acceptors (Lipinski definition) is 3. The fourth-order valence-electron chi connectivity index (χ4n) is 3.69. The zero-order valence-corrected chi connectivity index (χ0v) is 16.4. The second kappa shape index (κ2) is 8.37. The van der Waals surface area contributed by atoms with Crippen molar-refractivity contribution in [3.05, 3.63) is 40.8 Å². The fourth-order valence-corrected chi connectivity index (χ4v) is 3.69. The van der Waals surface area contributed by atoms with E-state index in [4.69, 9.17) is 0 Å². The highest BCUT2D eigenvalue weighted by Crippen LogP contribution is 2.26. The Morgan fingerprint density at radius 2 is 1.74 bits per heavy atom. The number of amides is 1. The molecule has 0 aliphatic heterocycles. The number of aryl methyl sites for hydroxylation is 1. The van der Waals surface area contributed by atoms with Gasteiger partial charge in [0.15, 0.2) is 0 Å². The van der Waals surface area contributed by atoms with Crippen LogP contribution in [0, 0.1) is 0 Å². The van der Waals surface area contributed by atoms with E-state index in [1.807, 2.05) is 29.2 Å². The molecule has 144 valence electrons. The molecule has 3 rings (SSSR count). The van der Waals surface area contributed by atoms with Crippen LogP contribution in [0.1, 0.15) is 40.0 Å². The number of hydrogen-bond donors (Lipinski definition) is 0. The largest absolute Gasteiger partial charge is 0.341 e. The van der Waals surface area contributed by atoms with Crippen molar-refractivity contribution in [1.29, 1.82) is 0 Å². The second-order valence-corrected chi connectivity index (χ2v) is 6.92. The molecule has 6 nitrogen and oxygen atoms in total. The molecule has 0 fully saturated rings. The maximum absolute atomic E-state index is 13.2. The van der Waals surface area contributed by atoms with Gasteiger partial charge >= 0.3 is 0 Å². The van der Waals surface area contributed by atoms with Crippen LogP contribution in [0.3, 0.4) is 0 Å². The summed E-state index contributed by atoms with van der Waals surface area (Å²) >= 11 is 0. The van der Waals surface area contributed by atoms with Gasteiger partial charge in [0, 0.05) is 35.9 Å². The molecule has 0 aliphatic carbocycles. The van der Waals surface area contributed by atoms with Crippen LogP contribution in [0.2, 0.25) is 0 Å². The second-order valence-electron chi connectivity index (χ2n) is 6.92. The van der Waals surface area contributed by atoms with E-state index in [0.717, 1.165) is 42.1 Å². The Morgan fingerprint density at radius 3 is 2.41 bits per heavy atom. The van der Waals surface area contributed by atoms with E-state index < -0.39 is 0 Å². The minimum absolute atomic E-state index is 0.0115. The maximum atomic E-state index is 13.2. The molecule has 0 bridgehead atoms. The molecule has 0 spiro atoms. The number of carbonyl (C=O) groups is 1. The van der Waals surface area contributed by atoms with Gasteiger partial charge in [-0.1, -0.05) is 39.0 Å². The van der Waals surface area contributed by atoms with Crippen molar-refractivity contribution in [2.24, 2.45) is 0 Å². The van der Waals surface area contributed by atoms with Crippen molar-refractivity contribution in [3.8, 4) is 0 Å². The first-order valence-electron chi connectivity index (χ1n) is 9.87. The average Bonchev–Trinajstić information content (AvgIpc) is 2.99. The molecule has 2 heterocycles. The van der Waals surface area contributed by atoms with Crippen molar-refractivity contribution in [1.82, 2.24) is 19.2 Å². The standard InChI is InChI=1S/C21H28N4O2/c1-4-11-23(12-5-2)19(26)15-25-21(27)20-17(14-22-25)16-9-7-8-10-18(16)24(20)13-6-3/h7-10,14H,4-6,11-13,15H2,1-3H3. The number of nitrogens with zero attached hydrogens (tertiary/aromatic N) is 4. The van der Waals surface area contributed by atoms with Gasteiger partial charge in [-0.15, -0.1) is 0 Å². The van der Waals surface area contributed by atoms with Gasteiger partial charge < -0.3 is 9.47 Å². The van der Waals surface area contributed by atoms with Crippen LogP contribution in [-0.2, 0) is 17.9 Å². The van der Waals surface area contributed by atoms with E-state index in [0.29, 0.717) is 18.6 Å². The molecule has 1 amide bonds. The van der Waals surface area contributed by atoms with Crippen molar-refractivity contribution in [2.45, 2.75) is 53.1 Å². The monoisotopic (exact) mass is 368 g/mol. The predicted molar refractivity (Wildman–Crippen MR) is 109 cm³/mol. The van der Waals surface area contributed by atoms with Gasteiger partial charge in [-0.3, -0.25) is 9.59 Å². The number of rotatable bonds is 8. The Hall–Kier alpha value is -2.63. The van der Waals surface area contributed by atoms with E-state index >= 15 is 0 Å². The first kappa shape index (κ1) is 19.1. The van der Waals surface area contributed by atoms with Gasteiger partial charge in [-0.25, -0.2) is 4.68 Å². The zero-order chi connectivity index (χ0) is 19.4. The third-order valence-corrected chi connectivity index (χ3v) is 4.85. The summed E-state index contributed by atoms with van der Waals surface area (Å²) in [5.41, 5.74) is 1.48. The molecule has 0 N–H and O–H groups in total. The van der Waals surface area contributed by atoms with Crippen molar-refractivity contribution >= 4 is 27.7 Å². The van der Waals surface area contributed by atoms with Crippen LogP contribution in [0.15, 0.2) is 35.3 Å². The average molecular weight is 368 g/mol. The van der Waals surface area contributed by atoms with Crippen LogP contribution >= 0.6 is 0 Å². The molecule has 0 unspecified atom stereocenters. The summed E-state index contributed by atoms with van der Waals surface area (Å²) in [4.78, 5) is 27.7. The highest BCUT2D eigenvalue weighted by Gasteiger charge is 2.18. The molecule has 3 aromatic rings. The SMILES string of the molecule is CCCN(CCC)C(=O)Cn1ncc2c3ccccc3n(CCC)c2c1=O. The summed E-state index contributed by atoms with van der Waals surface area (Å²) < 4.78 is 3.37. The molecule has 1 aromatic carbocycles. The summed E-state index contributed by atoms with van der Waals surface area (Å²) in [6.07, 6.45) is 4.45. The van der Waals surface area contributed by atoms with Gasteiger partial charge in [-0.05, 0) is 25.3 Å². The summed E-state index contributed by atoms with van der Waals surface area (Å²) in [5, 5.41) is 6.20. The Morgan fingerprint density at radius 1 is 1.04 bits per heavy atom. The maximum Gasteiger partial charge on any atom is 0.291 e. The van der Waals surface area contributed by atoms with Gasteiger partial charge in [0.05, 0.1) is 6.20 Å². The topological polar surface area (TPSA) is 60.1 Å². The third kappa shape index (κ3) is 3.61. The Balaban J connectivity index is 2.07. The fraction of sp³-hybridized carbons (Fsp3) is 0.476. The highest BCUT2D eigenvalue weighted by atomic mass is 16.2. The van der Waals surface area contributed by atoms with E-state index in [2.05, 4.69) is 30.4 Å². The molecule has 6 heteroatoms. The summed E-state index contributed by atoms with van der Waals surface area (Å²) in [7, 11) is 0.